The Bertz CT molecular complexity index is 1350. The van der Waals surface area contributed by atoms with Crippen molar-refractivity contribution in [3.05, 3.63) is 102 Å². The molecule has 0 unspecified atom stereocenters. The van der Waals surface area contributed by atoms with Gasteiger partial charge in [-0.2, -0.15) is 5.10 Å². The molecule has 4 heteroatoms. The number of aromatic nitrogens is 1. The fraction of sp³-hybridized carbons (Fsp3) is 0. The Hall–Kier alpha value is -4.05. The largest absolute Gasteiger partial charge is 0.289 e. The van der Waals surface area contributed by atoms with Crippen molar-refractivity contribution < 1.29 is 4.79 Å². The Morgan fingerprint density at radius 2 is 1.38 bits per heavy atom. The Morgan fingerprint density at radius 3 is 2.10 bits per heavy atom. The molecule has 0 fully saturated rings. The summed E-state index contributed by atoms with van der Waals surface area (Å²) in [4.78, 5) is 16.9. The number of carbonyl (C=O) groups is 1. The van der Waals surface area contributed by atoms with Crippen LogP contribution < -0.4 is 5.43 Å². The van der Waals surface area contributed by atoms with E-state index in [4.69, 9.17) is 0 Å². The summed E-state index contributed by atoms with van der Waals surface area (Å²) in [6, 6.07) is 29.8. The molecule has 0 aliphatic rings. The second kappa shape index (κ2) is 7.17. The molecule has 29 heavy (non-hydrogen) atoms. The minimum Gasteiger partial charge on any atom is -0.266 e. The van der Waals surface area contributed by atoms with Gasteiger partial charge in [0.15, 0.2) is 0 Å². The third-order valence-corrected chi connectivity index (χ3v) is 5.00. The number of hydrazone groups is 1. The third kappa shape index (κ3) is 3.21. The maximum atomic E-state index is 12.5. The number of hydrogen-bond donors (Lipinski definition) is 1. The summed E-state index contributed by atoms with van der Waals surface area (Å²) in [5, 5.41) is 9.68. The van der Waals surface area contributed by atoms with Gasteiger partial charge in [0, 0.05) is 10.9 Å². The van der Waals surface area contributed by atoms with E-state index in [0.29, 0.717) is 5.69 Å². The van der Waals surface area contributed by atoms with Crippen LogP contribution in [0.2, 0.25) is 0 Å². The number of benzene rings is 4. The van der Waals surface area contributed by atoms with Crippen LogP contribution in [0.25, 0.3) is 32.4 Å². The zero-order valence-corrected chi connectivity index (χ0v) is 15.5. The number of rotatable bonds is 3. The molecule has 1 amide bonds. The Labute approximate surface area is 167 Å². The summed E-state index contributed by atoms with van der Waals surface area (Å²) in [5.41, 5.74) is 4.71. The first kappa shape index (κ1) is 17.1. The molecule has 0 spiro atoms. The molecule has 0 aliphatic heterocycles. The Kier molecular flexibility index (Phi) is 4.22. The van der Waals surface area contributed by atoms with Crippen molar-refractivity contribution in [3.63, 3.8) is 0 Å². The van der Waals surface area contributed by atoms with Crippen LogP contribution in [0.1, 0.15) is 16.1 Å². The van der Waals surface area contributed by atoms with E-state index in [1.165, 1.54) is 0 Å². The van der Waals surface area contributed by atoms with Gasteiger partial charge in [-0.15, -0.1) is 0 Å². The first-order chi connectivity index (χ1) is 14.3. The van der Waals surface area contributed by atoms with Crippen LogP contribution in [0.15, 0.2) is 96.1 Å². The monoisotopic (exact) mass is 375 g/mol. The van der Waals surface area contributed by atoms with Gasteiger partial charge >= 0.3 is 0 Å². The highest BCUT2D eigenvalue weighted by Crippen LogP contribution is 2.27. The van der Waals surface area contributed by atoms with Gasteiger partial charge in [-0.25, -0.2) is 10.4 Å². The van der Waals surface area contributed by atoms with E-state index in [0.717, 1.165) is 38.0 Å². The van der Waals surface area contributed by atoms with Gasteiger partial charge in [0.1, 0.15) is 5.69 Å². The van der Waals surface area contributed by atoms with Crippen molar-refractivity contribution in [3.8, 4) is 0 Å². The van der Waals surface area contributed by atoms with Crippen LogP contribution in [0.4, 0.5) is 0 Å². The first-order valence-electron chi connectivity index (χ1n) is 9.39. The number of carbonyl (C=O) groups excluding carboxylic acids is 1. The van der Waals surface area contributed by atoms with Crippen molar-refractivity contribution in [2.45, 2.75) is 0 Å². The molecule has 5 aromatic rings. The lowest BCUT2D eigenvalue weighted by atomic mass is 9.97. The van der Waals surface area contributed by atoms with Crippen molar-refractivity contribution >= 4 is 44.6 Å². The molecule has 0 saturated carbocycles. The van der Waals surface area contributed by atoms with E-state index >= 15 is 0 Å². The summed E-state index contributed by atoms with van der Waals surface area (Å²) in [6.45, 7) is 0. The molecule has 0 radical (unpaired) electrons. The highest BCUT2D eigenvalue weighted by molar-refractivity contribution is 6.13. The zero-order valence-electron chi connectivity index (χ0n) is 15.5. The maximum Gasteiger partial charge on any atom is 0.289 e. The van der Waals surface area contributed by atoms with Crippen LogP contribution in [0.5, 0.6) is 0 Å². The lowest BCUT2D eigenvalue weighted by Crippen LogP contribution is -2.19. The second-order valence-corrected chi connectivity index (χ2v) is 6.82. The molecular formula is C25H17N3O. The van der Waals surface area contributed by atoms with Gasteiger partial charge < -0.3 is 0 Å². The number of nitrogens with one attached hydrogen (secondary N) is 1. The average Bonchev–Trinajstić information content (AvgIpc) is 2.78. The standard InChI is InChI=1S/C25H17N3O/c29-25(24-14-13-17-7-3-6-12-23(17)27-24)28-26-16-22-20-10-4-1-8-18(20)15-19-9-2-5-11-21(19)22/h1-16H,(H,28,29)/b26-16+. The maximum absolute atomic E-state index is 12.5. The molecular weight excluding hydrogens is 358 g/mol. The van der Waals surface area contributed by atoms with Crippen molar-refractivity contribution in [1.29, 1.82) is 0 Å². The molecule has 0 aliphatic carbocycles. The summed E-state index contributed by atoms with van der Waals surface area (Å²) >= 11 is 0. The van der Waals surface area contributed by atoms with Crippen LogP contribution in [0.3, 0.4) is 0 Å². The predicted molar refractivity (Wildman–Crippen MR) is 118 cm³/mol. The summed E-state index contributed by atoms with van der Waals surface area (Å²) in [6.07, 6.45) is 1.71. The Morgan fingerprint density at radius 1 is 0.759 bits per heavy atom. The minimum atomic E-state index is -0.337. The number of pyridine rings is 1. The van der Waals surface area contributed by atoms with Crippen molar-refractivity contribution in [2.24, 2.45) is 5.10 Å². The smallest absolute Gasteiger partial charge is 0.266 e. The molecule has 0 saturated heterocycles. The normalized spacial score (nSPS) is 11.4. The second-order valence-electron chi connectivity index (χ2n) is 6.82. The molecule has 138 valence electrons. The van der Waals surface area contributed by atoms with Crippen LogP contribution in [0, 0.1) is 0 Å². The molecule has 5 rings (SSSR count). The number of nitrogens with zero attached hydrogens (tertiary/aromatic N) is 2. The number of hydrogen-bond acceptors (Lipinski definition) is 3. The molecule has 4 nitrogen and oxygen atoms in total. The fourth-order valence-electron chi connectivity index (χ4n) is 3.59. The lowest BCUT2D eigenvalue weighted by Gasteiger charge is -2.08. The molecule has 0 bridgehead atoms. The summed E-state index contributed by atoms with van der Waals surface area (Å²) < 4.78 is 0. The van der Waals surface area contributed by atoms with E-state index in [-0.39, 0.29) is 5.91 Å². The molecule has 1 aromatic heterocycles. The topological polar surface area (TPSA) is 54.4 Å². The lowest BCUT2D eigenvalue weighted by molar-refractivity contribution is 0.0950. The van der Waals surface area contributed by atoms with E-state index in [1.807, 2.05) is 54.6 Å². The minimum absolute atomic E-state index is 0.337. The van der Waals surface area contributed by atoms with Crippen molar-refractivity contribution in [2.75, 3.05) is 0 Å². The number of para-hydroxylation sites is 1. The van der Waals surface area contributed by atoms with Gasteiger partial charge in [-0.05, 0) is 39.7 Å². The van der Waals surface area contributed by atoms with Crippen LogP contribution in [-0.2, 0) is 0 Å². The number of fused-ring (bicyclic) bond motifs is 3. The van der Waals surface area contributed by atoms with Crippen molar-refractivity contribution in [1.82, 2.24) is 10.4 Å². The van der Waals surface area contributed by atoms with Gasteiger partial charge in [0.05, 0.1) is 11.7 Å². The molecule has 1 heterocycles. The summed E-state index contributed by atoms with van der Waals surface area (Å²) in [5.74, 6) is -0.337. The predicted octanol–water partition coefficient (Wildman–Crippen LogP) is 5.31. The summed E-state index contributed by atoms with van der Waals surface area (Å²) in [7, 11) is 0. The quantitative estimate of drug-likeness (QED) is 0.264. The molecule has 0 atom stereocenters. The zero-order chi connectivity index (χ0) is 19.6. The van der Waals surface area contributed by atoms with E-state index in [1.54, 1.807) is 12.3 Å². The third-order valence-electron chi connectivity index (χ3n) is 5.00. The van der Waals surface area contributed by atoms with Gasteiger partial charge in [-0.1, -0.05) is 72.8 Å². The highest BCUT2D eigenvalue weighted by atomic mass is 16.2. The van der Waals surface area contributed by atoms with E-state index < -0.39 is 0 Å². The van der Waals surface area contributed by atoms with Gasteiger partial charge in [-0.3, -0.25) is 4.79 Å². The van der Waals surface area contributed by atoms with Gasteiger partial charge in [0.2, 0.25) is 0 Å². The van der Waals surface area contributed by atoms with Crippen LogP contribution >= 0.6 is 0 Å². The molecule has 4 aromatic carbocycles. The molecule has 1 N–H and O–H groups in total. The SMILES string of the molecule is O=C(N/N=C/c1c2ccccc2cc2ccccc12)c1ccc2ccccc2n1. The van der Waals surface area contributed by atoms with E-state index in [9.17, 15) is 4.79 Å². The fourth-order valence-corrected chi connectivity index (χ4v) is 3.59. The first-order valence-corrected chi connectivity index (χ1v) is 9.39. The average molecular weight is 375 g/mol. The van der Waals surface area contributed by atoms with Gasteiger partial charge in [0.25, 0.3) is 5.91 Å². The Balaban J connectivity index is 1.49. The number of amides is 1. The van der Waals surface area contributed by atoms with Crippen LogP contribution in [-0.4, -0.2) is 17.1 Å². The highest BCUT2D eigenvalue weighted by Gasteiger charge is 2.08. The van der Waals surface area contributed by atoms with E-state index in [2.05, 4.69) is 45.8 Å².